The normalized spacial score (nSPS) is 15.6. The van der Waals surface area contributed by atoms with E-state index in [2.05, 4.69) is 17.2 Å². The molecule has 1 fully saturated rings. The number of fused-ring (bicyclic) bond motifs is 1. The maximum Gasteiger partial charge on any atom is 0.330 e. The van der Waals surface area contributed by atoms with Gasteiger partial charge in [0.05, 0.1) is 117 Å². The third kappa shape index (κ3) is 15.5. The van der Waals surface area contributed by atoms with Crippen LogP contribution in [-0.4, -0.2) is 159 Å². The lowest BCUT2D eigenvalue weighted by molar-refractivity contribution is -0.139. The van der Waals surface area contributed by atoms with Crippen molar-refractivity contribution in [2.75, 3.05) is 124 Å². The van der Waals surface area contributed by atoms with Crippen LogP contribution in [0.3, 0.4) is 0 Å². The summed E-state index contributed by atoms with van der Waals surface area (Å²) in [6.07, 6.45) is 1.27. The van der Waals surface area contributed by atoms with Gasteiger partial charge in [0.2, 0.25) is 11.8 Å². The van der Waals surface area contributed by atoms with Crippen LogP contribution in [0.1, 0.15) is 33.6 Å². The van der Waals surface area contributed by atoms with E-state index in [1.165, 1.54) is 0 Å². The van der Waals surface area contributed by atoms with Gasteiger partial charge in [0.15, 0.2) is 0 Å². The Morgan fingerprint density at radius 2 is 1.18 bits per heavy atom. The first-order valence-electron chi connectivity index (χ1n) is 16.9. The van der Waals surface area contributed by atoms with E-state index in [-0.39, 0.29) is 30.6 Å². The van der Waals surface area contributed by atoms with Gasteiger partial charge < -0.3 is 47.9 Å². The molecule has 17 heteroatoms. The Morgan fingerprint density at radius 3 is 1.65 bits per heavy atom. The number of imide groups is 2. The number of hydrogen-bond acceptors (Lipinski definition) is 15. The van der Waals surface area contributed by atoms with Crippen LogP contribution < -0.4 is 10.6 Å². The summed E-state index contributed by atoms with van der Waals surface area (Å²) in [5.74, 6) is -2.65. The molecule has 284 valence electrons. The fourth-order valence-corrected chi connectivity index (χ4v) is 4.82. The fraction of sp³-hybridized carbons (Fsp3) is 0.618. The molecule has 0 saturated carbocycles. The average Bonchev–Trinajstić information content (AvgIpc) is 3.38. The molecule has 2 N–H and O–H groups in total. The van der Waals surface area contributed by atoms with Crippen LogP contribution in [0.5, 0.6) is 0 Å². The molecular formula is C34H49N3O14. The highest BCUT2D eigenvalue weighted by Crippen LogP contribution is 2.32. The second-order valence-corrected chi connectivity index (χ2v) is 10.9. The molecule has 2 heterocycles. The van der Waals surface area contributed by atoms with Gasteiger partial charge in [0, 0.05) is 24.7 Å². The molecule has 2 aliphatic rings. The molecule has 1 unspecified atom stereocenters. The Kier molecular flexibility index (Phi) is 20.6. The minimum absolute atomic E-state index is 0.0631. The highest BCUT2D eigenvalue weighted by molar-refractivity contribution is 6.25. The van der Waals surface area contributed by atoms with Crippen molar-refractivity contribution in [1.82, 2.24) is 10.2 Å². The van der Waals surface area contributed by atoms with Gasteiger partial charge in [-0.15, -0.1) is 0 Å². The highest BCUT2D eigenvalue weighted by atomic mass is 16.6. The average molecular weight is 724 g/mol. The minimum Gasteiger partial charge on any atom is -0.460 e. The van der Waals surface area contributed by atoms with Gasteiger partial charge in [-0.3, -0.25) is 29.4 Å². The standard InChI is InChI=1S/C34H49N3O14/c1-2-30(39)51-25-24-50-23-22-49-21-20-48-19-18-47-17-16-46-15-14-45-13-12-44-11-10-43-9-8-35-27-5-3-4-26-31(27)34(42)37(33(26)41)28-6-7-29(38)36-32(28)40/h2-5,28,35H,1,6-25H2,(H,36,38,40). The van der Waals surface area contributed by atoms with Crippen molar-refractivity contribution in [1.29, 1.82) is 0 Å². The maximum atomic E-state index is 13.1. The monoisotopic (exact) mass is 723 g/mol. The second-order valence-electron chi connectivity index (χ2n) is 10.9. The summed E-state index contributed by atoms with van der Waals surface area (Å²) < 4.78 is 48.3. The summed E-state index contributed by atoms with van der Waals surface area (Å²) in [6.45, 7) is 10.5. The Labute approximate surface area is 297 Å². The fourth-order valence-electron chi connectivity index (χ4n) is 4.82. The summed E-state index contributed by atoms with van der Waals surface area (Å²) in [7, 11) is 0. The molecule has 1 aromatic carbocycles. The van der Waals surface area contributed by atoms with Crippen molar-refractivity contribution >= 4 is 35.3 Å². The van der Waals surface area contributed by atoms with Crippen LogP contribution >= 0.6 is 0 Å². The van der Waals surface area contributed by atoms with Crippen molar-refractivity contribution in [3.8, 4) is 0 Å². The molecule has 1 aromatic rings. The molecule has 1 atom stereocenters. The lowest BCUT2D eigenvalue weighted by atomic mass is 10.0. The van der Waals surface area contributed by atoms with Crippen molar-refractivity contribution in [2.24, 2.45) is 0 Å². The van der Waals surface area contributed by atoms with Gasteiger partial charge in [-0.25, -0.2) is 4.79 Å². The van der Waals surface area contributed by atoms with Crippen molar-refractivity contribution in [3.63, 3.8) is 0 Å². The molecular weight excluding hydrogens is 674 g/mol. The van der Waals surface area contributed by atoms with Gasteiger partial charge in [-0.1, -0.05) is 12.6 Å². The van der Waals surface area contributed by atoms with Gasteiger partial charge >= 0.3 is 5.97 Å². The molecule has 0 radical (unpaired) electrons. The number of piperidine rings is 1. The zero-order valence-electron chi connectivity index (χ0n) is 28.9. The third-order valence-corrected chi connectivity index (χ3v) is 7.27. The molecule has 0 aromatic heterocycles. The van der Waals surface area contributed by atoms with Crippen LogP contribution in [-0.2, 0) is 57.0 Å². The third-order valence-electron chi connectivity index (χ3n) is 7.27. The maximum absolute atomic E-state index is 13.1. The predicted molar refractivity (Wildman–Crippen MR) is 179 cm³/mol. The van der Waals surface area contributed by atoms with Gasteiger partial charge in [-0.2, -0.15) is 0 Å². The predicted octanol–water partition coefficient (Wildman–Crippen LogP) is 0.362. The number of anilines is 1. The molecule has 17 nitrogen and oxygen atoms in total. The smallest absolute Gasteiger partial charge is 0.330 e. The number of benzene rings is 1. The van der Waals surface area contributed by atoms with E-state index in [4.69, 9.17) is 42.6 Å². The molecule has 0 bridgehead atoms. The van der Waals surface area contributed by atoms with Crippen LogP contribution in [0.2, 0.25) is 0 Å². The molecule has 0 aliphatic carbocycles. The van der Waals surface area contributed by atoms with Crippen molar-refractivity contribution in [2.45, 2.75) is 18.9 Å². The number of ether oxygens (including phenoxy) is 9. The molecule has 4 amide bonds. The van der Waals surface area contributed by atoms with E-state index in [1.54, 1.807) is 18.2 Å². The Bertz CT molecular complexity index is 1260. The quantitative estimate of drug-likeness (QED) is 0.0478. The number of carbonyl (C=O) groups is 5. The van der Waals surface area contributed by atoms with Gasteiger partial charge in [-0.05, 0) is 18.6 Å². The second kappa shape index (κ2) is 25.2. The molecule has 3 rings (SSSR count). The Balaban J connectivity index is 1.05. The molecule has 1 saturated heterocycles. The summed E-state index contributed by atoms with van der Waals surface area (Å²) >= 11 is 0. The zero-order valence-corrected chi connectivity index (χ0v) is 28.9. The summed E-state index contributed by atoms with van der Waals surface area (Å²) in [5.41, 5.74) is 0.895. The van der Waals surface area contributed by atoms with E-state index >= 15 is 0 Å². The highest BCUT2D eigenvalue weighted by Gasteiger charge is 2.45. The van der Waals surface area contributed by atoms with E-state index in [1.807, 2.05) is 0 Å². The van der Waals surface area contributed by atoms with E-state index in [0.29, 0.717) is 118 Å². The first kappa shape index (κ1) is 41.6. The first-order chi connectivity index (χ1) is 24.9. The van der Waals surface area contributed by atoms with Crippen molar-refractivity contribution < 1.29 is 66.6 Å². The summed E-state index contributed by atoms with van der Waals surface area (Å²) in [4.78, 5) is 61.6. The largest absolute Gasteiger partial charge is 0.460 e. The van der Waals surface area contributed by atoms with Crippen LogP contribution in [0.4, 0.5) is 5.69 Å². The Hall–Kier alpha value is -3.81. The van der Waals surface area contributed by atoms with E-state index in [0.717, 1.165) is 11.0 Å². The molecule has 0 spiro atoms. The number of nitrogens with one attached hydrogen (secondary N) is 2. The molecule has 2 aliphatic heterocycles. The number of carbonyl (C=O) groups excluding carboxylic acids is 5. The lowest BCUT2D eigenvalue weighted by Gasteiger charge is -2.27. The minimum atomic E-state index is -1.01. The van der Waals surface area contributed by atoms with E-state index < -0.39 is 35.6 Å². The number of rotatable bonds is 30. The van der Waals surface area contributed by atoms with Crippen LogP contribution in [0.15, 0.2) is 30.9 Å². The number of hydrogen-bond donors (Lipinski definition) is 2. The van der Waals surface area contributed by atoms with Crippen LogP contribution in [0, 0.1) is 0 Å². The molecule has 51 heavy (non-hydrogen) atoms. The van der Waals surface area contributed by atoms with Gasteiger partial charge in [0.1, 0.15) is 12.6 Å². The topological polar surface area (TPSA) is 196 Å². The zero-order chi connectivity index (χ0) is 36.5. The van der Waals surface area contributed by atoms with Gasteiger partial charge in [0.25, 0.3) is 11.8 Å². The number of amides is 4. The summed E-state index contributed by atoms with van der Waals surface area (Å²) in [5, 5.41) is 5.32. The van der Waals surface area contributed by atoms with Crippen LogP contribution in [0.25, 0.3) is 0 Å². The SMILES string of the molecule is C=CC(=O)OCCOCCOCCOCCOCCOCCOCCOCCOCCNc1cccc2c1C(=O)N(C1CCC(=O)NC1=O)C2=O. The van der Waals surface area contributed by atoms with E-state index in [9.17, 15) is 24.0 Å². The van der Waals surface area contributed by atoms with Crippen molar-refractivity contribution in [3.05, 3.63) is 42.0 Å². The summed E-state index contributed by atoms with van der Waals surface area (Å²) in [6, 6.07) is 3.89. The lowest BCUT2D eigenvalue weighted by Crippen LogP contribution is -2.54. The Morgan fingerprint density at radius 1 is 0.706 bits per heavy atom. The number of nitrogens with zero attached hydrogens (tertiary/aromatic N) is 1. The number of esters is 1. The first-order valence-corrected chi connectivity index (χ1v) is 16.9.